The van der Waals surface area contributed by atoms with E-state index >= 15 is 0 Å². The summed E-state index contributed by atoms with van der Waals surface area (Å²) in [5, 5.41) is 6.77. The van der Waals surface area contributed by atoms with Crippen LogP contribution in [0.2, 0.25) is 5.15 Å². The van der Waals surface area contributed by atoms with Crippen LogP contribution in [0, 0.1) is 6.92 Å². The smallest absolute Gasteiger partial charge is 0.359 e. The first-order valence-electron chi connectivity index (χ1n) is 8.38. The maximum absolute atomic E-state index is 12.2. The molecule has 0 radical (unpaired) electrons. The molecule has 2 aromatic heterocycles. The molecule has 3 aromatic rings. The number of thiazole rings is 1. The summed E-state index contributed by atoms with van der Waals surface area (Å²) < 4.78 is 11.6. The van der Waals surface area contributed by atoms with Gasteiger partial charge in [-0.05, 0) is 24.6 Å². The van der Waals surface area contributed by atoms with Crippen LogP contribution in [0.1, 0.15) is 16.1 Å². The van der Waals surface area contributed by atoms with Gasteiger partial charge in [-0.1, -0.05) is 17.7 Å². The van der Waals surface area contributed by atoms with E-state index in [9.17, 15) is 14.4 Å². The third-order valence-corrected chi connectivity index (χ3v) is 4.84. The summed E-state index contributed by atoms with van der Waals surface area (Å²) in [6.45, 7) is 1.02. The lowest BCUT2D eigenvalue weighted by Gasteiger charge is -2.11. The molecule has 1 aromatic carbocycles. The molecule has 0 fully saturated rings. The van der Waals surface area contributed by atoms with Crippen molar-refractivity contribution in [3.8, 4) is 5.75 Å². The van der Waals surface area contributed by atoms with Crippen molar-refractivity contribution in [3.05, 3.63) is 46.2 Å². The molecule has 0 atom stereocenters. The van der Waals surface area contributed by atoms with E-state index in [1.54, 1.807) is 23.7 Å². The zero-order valence-corrected chi connectivity index (χ0v) is 17.1. The molecule has 29 heavy (non-hydrogen) atoms. The van der Waals surface area contributed by atoms with Gasteiger partial charge in [-0.25, -0.2) is 9.78 Å². The number of aryl methyl sites for hydroxylation is 1. The highest BCUT2D eigenvalue weighted by atomic mass is 35.5. The van der Waals surface area contributed by atoms with E-state index in [2.05, 4.69) is 15.6 Å². The van der Waals surface area contributed by atoms with Gasteiger partial charge in [0.1, 0.15) is 5.75 Å². The minimum atomic E-state index is -0.787. The molecule has 0 saturated heterocycles. The zero-order chi connectivity index (χ0) is 21.0. The SMILES string of the molecule is COc1ccc(C)cc1NC(=O)CNC(=O)COC(=O)c1c(Cl)nc2sccn12. The monoisotopic (exact) mass is 436 g/mol. The predicted octanol–water partition coefficient (Wildman–Crippen LogP) is 2.28. The van der Waals surface area contributed by atoms with Crippen molar-refractivity contribution in [1.29, 1.82) is 0 Å². The van der Waals surface area contributed by atoms with Gasteiger partial charge in [-0.15, -0.1) is 11.3 Å². The van der Waals surface area contributed by atoms with Crippen LogP contribution >= 0.6 is 22.9 Å². The highest BCUT2D eigenvalue weighted by Gasteiger charge is 2.21. The topological polar surface area (TPSA) is 111 Å². The number of methoxy groups -OCH3 is 1. The number of ether oxygens (including phenoxy) is 2. The number of nitrogens with zero attached hydrogens (tertiary/aromatic N) is 2. The summed E-state index contributed by atoms with van der Waals surface area (Å²) in [4.78, 5) is 40.7. The minimum absolute atomic E-state index is 0.00580. The van der Waals surface area contributed by atoms with E-state index in [1.165, 1.54) is 22.8 Å². The Morgan fingerprint density at radius 2 is 2.07 bits per heavy atom. The third kappa shape index (κ3) is 4.84. The van der Waals surface area contributed by atoms with Crippen molar-refractivity contribution < 1.29 is 23.9 Å². The van der Waals surface area contributed by atoms with Crippen molar-refractivity contribution in [2.75, 3.05) is 25.6 Å². The van der Waals surface area contributed by atoms with Crippen molar-refractivity contribution in [1.82, 2.24) is 14.7 Å². The maximum Gasteiger partial charge on any atom is 0.359 e. The largest absolute Gasteiger partial charge is 0.495 e. The number of rotatable bonds is 7. The second kappa shape index (κ2) is 8.93. The number of halogens is 1. The number of nitrogens with one attached hydrogen (secondary N) is 2. The summed E-state index contributed by atoms with van der Waals surface area (Å²) in [7, 11) is 1.49. The van der Waals surface area contributed by atoms with Gasteiger partial charge >= 0.3 is 5.97 Å². The van der Waals surface area contributed by atoms with Crippen LogP contribution in [0.25, 0.3) is 4.96 Å². The number of aromatic nitrogens is 2. The molecular formula is C18H17ClN4O5S. The Morgan fingerprint density at radius 3 is 2.83 bits per heavy atom. The molecule has 0 saturated carbocycles. The van der Waals surface area contributed by atoms with Crippen molar-refractivity contribution >= 4 is 51.4 Å². The molecule has 0 aliphatic carbocycles. The maximum atomic E-state index is 12.2. The van der Waals surface area contributed by atoms with E-state index in [1.807, 2.05) is 13.0 Å². The number of hydrogen-bond donors (Lipinski definition) is 2. The second-order valence-electron chi connectivity index (χ2n) is 5.91. The molecule has 0 unspecified atom stereocenters. The molecule has 2 amide bonds. The zero-order valence-electron chi connectivity index (χ0n) is 15.5. The molecule has 0 aliphatic heterocycles. The molecule has 11 heteroatoms. The number of imidazole rings is 1. The summed E-state index contributed by atoms with van der Waals surface area (Å²) in [5.41, 5.74) is 1.48. The average molecular weight is 437 g/mol. The Bertz CT molecular complexity index is 1080. The minimum Gasteiger partial charge on any atom is -0.495 e. The highest BCUT2D eigenvalue weighted by molar-refractivity contribution is 7.15. The van der Waals surface area contributed by atoms with Gasteiger partial charge in [-0.2, -0.15) is 0 Å². The summed E-state index contributed by atoms with van der Waals surface area (Å²) in [5.74, 6) is -1.37. The second-order valence-corrected chi connectivity index (χ2v) is 7.14. The Labute approximate surface area is 174 Å². The number of hydrogen-bond acceptors (Lipinski definition) is 7. The van der Waals surface area contributed by atoms with Gasteiger partial charge in [0.25, 0.3) is 5.91 Å². The van der Waals surface area contributed by atoms with E-state index in [0.29, 0.717) is 16.4 Å². The molecule has 0 spiro atoms. The number of esters is 1. The number of carbonyl (C=O) groups is 3. The Balaban J connectivity index is 1.49. The summed E-state index contributed by atoms with van der Waals surface area (Å²) in [6, 6.07) is 5.33. The lowest BCUT2D eigenvalue weighted by molar-refractivity contribution is -0.126. The Kier molecular flexibility index (Phi) is 6.35. The molecule has 2 heterocycles. The fourth-order valence-corrected chi connectivity index (χ4v) is 3.50. The lowest BCUT2D eigenvalue weighted by atomic mass is 10.2. The lowest BCUT2D eigenvalue weighted by Crippen LogP contribution is -2.35. The first-order chi connectivity index (χ1) is 13.9. The van der Waals surface area contributed by atoms with Gasteiger partial charge in [0.05, 0.1) is 19.3 Å². The molecule has 3 rings (SSSR count). The van der Waals surface area contributed by atoms with Gasteiger partial charge < -0.3 is 20.1 Å². The Hall–Kier alpha value is -3.11. The van der Waals surface area contributed by atoms with Crippen molar-refractivity contribution in [3.63, 3.8) is 0 Å². The van der Waals surface area contributed by atoms with E-state index < -0.39 is 24.4 Å². The van der Waals surface area contributed by atoms with Gasteiger partial charge in [-0.3, -0.25) is 14.0 Å². The van der Waals surface area contributed by atoms with Gasteiger partial charge in [0.2, 0.25) is 5.91 Å². The van der Waals surface area contributed by atoms with Crippen LogP contribution in [0.5, 0.6) is 5.75 Å². The molecular weight excluding hydrogens is 420 g/mol. The van der Waals surface area contributed by atoms with Crippen molar-refractivity contribution in [2.24, 2.45) is 0 Å². The highest BCUT2D eigenvalue weighted by Crippen LogP contribution is 2.25. The molecule has 0 bridgehead atoms. The fourth-order valence-electron chi connectivity index (χ4n) is 2.49. The average Bonchev–Trinajstić information content (AvgIpc) is 3.24. The normalized spacial score (nSPS) is 10.6. The predicted molar refractivity (Wildman–Crippen MR) is 108 cm³/mol. The molecule has 9 nitrogen and oxygen atoms in total. The van der Waals surface area contributed by atoms with Crippen LogP contribution in [0.15, 0.2) is 29.8 Å². The standard InChI is InChI=1S/C18H17ClN4O5S/c1-10-3-4-12(27-2)11(7-10)21-13(24)8-20-14(25)9-28-17(26)15-16(19)22-18-23(15)5-6-29-18/h3-7H,8-9H2,1-2H3,(H,20,25)(H,21,24). The van der Waals surface area contributed by atoms with E-state index in [0.717, 1.165) is 5.56 Å². The Morgan fingerprint density at radius 1 is 1.28 bits per heavy atom. The third-order valence-electron chi connectivity index (χ3n) is 3.82. The quantitative estimate of drug-likeness (QED) is 0.550. The van der Waals surface area contributed by atoms with Crippen molar-refractivity contribution in [2.45, 2.75) is 6.92 Å². The van der Waals surface area contributed by atoms with Gasteiger partial charge in [0.15, 0.2) is 22.4 Å². The van der Waals surface area contributed by atoms with Crippen LogP contribution in [-0.2, 0) is 14.3 Å². The molecule has 0 aliphatic rings. The number of amides is 2. The number of benzene rings is 1. The first-order valence-corrected chi connectivity index (χ1v) is 9.64. The number of anilines is 1. The summed E-state index contributed by atoms with van der Waals surface area (Å²) in [6.07, 6.45) is 1.62. The first kappa shape index (κ1) is 20.6. The van der Waals surface area contributed by atoms with Crippen LogP contribution in [0.3, 0.4) is 0 Å². The van der Waals surface area contributed by atoms with Gasteiger partial charge in [0, 0.05) is 11.6 Å². The fraction of sp³-hybridized carbons (Fsp3) is 0.222. The molecule has 152 valence electrons. The van der Waals surface area contributed by atoms with Crippen LogP contribution in [-0.4, -0.2) is 47.4 Å². The number of carbonyl (C=O) groups excluding carboxylic acids is 3. The van der Waals surface area contributed by atoms with E-state index in [-0.39, 0.29) is 17.4 Å². The van der Waals surface area contributed by atoms with E-state index in [4.69, 9.17) is 21.1 Å². The number of fused-ring (bicyclic) bond motifs is 1. The van der Waals surface area contributed by atoms with Crippen LogP contribution < -0.4 is 15.4 Å². The molecule has 2 N–H and O–H groups in total. The summed E-state index contributed by atoms with van der Waals surface area (Å²) >= 11 is 7.25. The van der Waals surface area contributed by atoms with Crippen LogP contribution in [0.4, 0.5) is 5.69 Å².